The number of carbonyl (C=O) groups is 1. The molecule has 0 radical (unpaired) electrons. The van der Waals surface area contributed by atoms with Gasteiger partial charge in [0.15, 0.2) is 0 Å². The van der Waals surface area contributed by atoms with Gasteiger partial charge in [-0.25, -0.2) is 0 Å². The summed E-state index contributed by atoms with van der Waals surface area (Å²) in [5, 5.41) is 2.55. The van der Waals surface area contributed by atoms with Crippen LogP contribution in [-0.4, -0.2) is 18.5 Å². The van der Waals surface area contributed by atoms with Crippen molar-refractivity contribution in [1.82, 2.24) is 0 Å². The van der Waals surface area contributed by atoms with Crippen LogP contribution in [0.4, 0.5) is 24.5 Å². The van der Waals surface area contributed by atoms with Gasteiger partial charge in [-0.05, 0) is 43.2 Å². The third kappa shape index (κ3) is 3.37. The number of rotatable bonds is 3. The first-order valence-electron chi connectivity index (χ1n) is 7.66. The van der Waals surface area contributed by atoms with Gasteiger partial charge in [-0.15, -0.1) is 0 Å². The van der Waals surface area contributed by atoms with Crippen LogP contribution in [0.2, 0.25) is 0 Å². The Bertz CT molecular complexity index is 758. The zero-order valence-corrected chi connectivity index (χ0v) is 13.1. The molecule has 0 aromatic heterocycles. The average molecular weight is 334 g/mol. The summed E-state index contributed by atoms with van der Waals surface area (Å²) < 4.78 is 38.2. The predicted octanol–water partition coefficient (Wildman–Crippen LogP) is 4.10. The summed E-state index contributed by atoms with van der Waals surface area (Å²) in [4.78, 5) is 14.2. The number of hydrogen-bond acceptors (Lipinski definition) is 2. The molecule has 0 aliphatic carbocycles. The zero-order chi connectivity index (χ0) is 17.3. The van der Waals surface area contributed by atoms with Crippen molar-refractivity contribution in [2.45, 2.75) is 25.6 Å². The van der Waals surface area contributed by atoms with Crippen LogP contribution in [0, 0.1) is 0 Å². The van der Waals surface area contributed by atoms with E-state index >= 15 is 0 Å². The van der Waals surface area contributed by atoms with Gasteiger partial charge in [-0.1, -0.05) is 24.3 Å². The molecule has 1 aliphatic heterocycles. The maximum atomic E-state index is 12.7. The second kappa shape index (κ2) is 6.19. The Hall–Kier alpha value is -2.50. The number of halogens is 3. The minimum absolute atomic E-state index is 0.106. The molecule has 0 spiro atoms. The van der Waals surface area contributed by atoms with E-state index in [0.717, 1.165) is 24.2 Å². The number of fused-ring (bicyclic) bond motifs is 1. The van der Waals surface area contributed by atoms with Crippen molar-refractivity contribution in [2.24, 2.45) is 0 Å². The first-order valence-corrected chi connectivity index (χ1v) is 7.66. The standard InChI is InChI=1S/C18H17F3N2O/c1-12-9-13-5-2-3-8-16(13)23(12)11-17(24)22-15-7-4-6-14(10-15)18(19,20)21/h2-8,10,12H,9,11H2,1H3,(H,22,24)/t12-/m0/s1. The summed E-state index contributed by atoms with van der Waals surface area (Å²) in [6.07, 6.45) is -3.57. The third-order valence-corrected chi connectivity index (χ3v) is 4.14. The number of carbonyl (C=O) groups excluding carboxylic acids is 1. The molecule has 1 amide bonds. The topological polar surface area (TPSA) is 32.3 Å². The molecule has 1 N–H and O–H groups in total. The fraction of sp³-hybridized carbons (Fsp3) is 0.278. The highest BCUT2D eigenvalue weighted by atomic mass is 19.4. The smallest absolute Gasteiger partial charge is 0.359 e. The van der Waals surface area contributed by atoms with Gasteiger partial charge in [0, 0.05) is 17.4 Å². The van der Waals surface area contributed by atoms with Crippen LogP contribution in [-0.2, 0) is 17.4 Å². The number of para-hydroxylation sites is 1. The van der Waals surface area contributed by atoms with Crippen LogP contribution in [0.3, 0.4) is 0 Å². The Morgan fingerprint density at radius 2 is 1.96 bits per heavy atom. The van der Waals surface area contributed by atoms with Crippen LogP contribution in [0.1, 0.15) is 18.1 Å². The van der Waals surface area contributed by atoms with Gasteiger partial charge < -0.3 is 10.2 Å². The van der Waals surface area contributed by atoms with Crippen LogP contribution in [0.15, 0.2) is 48.5 Å². The van der Waals surface area contributed by atoms with E-state index in [2.05, 4.69) is 5.32 Å². The SMILES string of the molecule is C[C@H]1Cc2ccccc2N1CC(=O)Nc1cccc(C(F)(F)F)c1. The quantitative estimate of drug-likeness (QED) is 0.917. The number of benzene rings is 2. The fourth-order valence-electron chi connectivity index (χ4n) is 3.00. The van der Waals surface area contributed by atoms with Crippen LogP contribution in [0.5, 0.6) is 0 Å². The number of alkyl halides is 3. The number of nitrogens with one attached hydrogen (secondary N) is 1. The summed E-state index contributed by atoms with van der Waals surface area (Å²) in [6, 6.07) is 12.7. The summed E-state index contributed by atoms with van der Waals surface area (Å²) in [5.74, 6) is -0.335. The molecule has 3 rings (SSSR count). The molecular formula is C18H17F3N2O. The Morgan fingerprint density at radius 3 is 2.71 bits per heavy atom. The van der Waals surface area contributed by atoms with Crippen LogP contribution in [0.25, 0.3) is 0 Å². The second-order valence-electron chi connectivity index (χ2n) is 5.94. The van der Waals surface area contributed by atoms with Crippen molar-refractivity contribution in [3.05, 3.63) is 59.7 Å². The molecule has 1 atom stereocenters. The highest BCUT2D eigenvalue weighted by Gasteiger charge is 2.31. The molecule has 1 aliphatic rings. The maximum Gasteiger partial charge on any atom is 0.416 e. The molecular weight excluding hydrogens is 317 g/mol. The van der Waals surface area contributed by atoms with E-state index in [9.17, 15) is 18.0 Å². The molecule has 126 valence electrons. The summed E-state index contributed by atoms with van der Waals surface area (Å²) in [6.45, 7) is 2.13. The molecule has 0 unspecified atom stereocenters. The minimum Gasteiger partial charge on any atom is -0.359 e. The van der Waals surface area contributed by atoms with Gasteiger partial charge in [-0.2, -0.15) is 13.2 Å². The maximum absolute atomic E-state index is 12.7. The highest BCUT2D eigenvalue weighted by Crippen LogP contribution is 2.32. The fourth-order valence-corrected chi connectivity index (χ4v) is 3.00. The summed E-state index contributed by atoms with van der Waals surface area (Å²) in [7, 11) is 0. The normalized spacial score (nSPS) is 16.8. The molecule has 3 nitrogen and oxygen atoms in total. The van der Waals surface area contributed by atoms with Gasteiger partial charge in [0.25, 0.3) is 0 Å². The van der Waals surface area contributed by atoms with E-state index in [1.54, 1.807) is 0 Å². The van der Waals surface area contributed by atoms with E-state index in [1.165, 1.54) is 17.7 Å². The molecule has 0 bridgehead atoms. The molecule has 1 heterocycles. The van der Waals surface area contributed by atoms with Crippen molar-refractivity contribution < 1.29 is 18.0 Å². The lowest BCUT2D eigenvalue weighted by molar-refractivity contribution is -0.137. The Kier molecular flexibility index (Phi) is 4.22. The highest BCUT2D eigenvalue weighted by molar-refractivity contribution is 5.94. The number of nitrogens with zero attached hydrogens (tertiary/aromatic N) is 1. The first kappa shape index (κ1) is 16.4. The largest absolute Gasteiger partial charge is 0.416 e. The molecule has 0 fully saturated rings. The van der Waals surface area contributed by atoms with Crippen molar-refractivity contribution in [1.29, 1.82) is 0 Å². The summed E-state index contributed by atoms with van der Waals surface area (Å²) in [5.41, 5.74) is 1.55. The van der Waals surface area contributed by atoms with E-state index in [-0.39, 0.29) is 24.2 Å². The molecule has 0 saturated carbocycles. The molecule has 6 heteroatoms. The molecule has 2 aromatic carbocycles. The Morgan fingerprint density at radius 1 is 1.21 bits per heavy atom. The molecule has 0 saturated heterocycles. The van der Waals surface area contributed by atoms with Crippen molar-refractivity contribution in [3.63, 3.8) is 0 Å². The number of hydrogen-bond donors (Lipinski definition) is 1. The van der Waals surface area contributed by atoms with Gasteiger partial charge in [0.1, 0.15) is 0 Å². The number of amides is 1. The van der Waals surface area contributed by atoms with Crippen molar-refractivity contribution in [3.8, 4) is 0 Å². The van der Waals surface area contributed by atoms with Crippen LogP contribution >= 0.6 is 0 Å². The van der Waals surface area contributed by atoms with E-state index in [0.29, 0.717) is 0 Å². The Balaban J connectivity index is 1.71. The summed E-state index contributed by atoms with van der Waals surface area (Å²) >= 11 is 0. The Labute approximate surface area is 138 Å². The molecule has 2 aromatic rings. The van der Waals surface area contributed by atoms with Gasteiger partial charge in [0.05, 0.1) is 12.1 Å². The van der Waals surface area contributed by atoms with Gasteiger partial charge >= 0.3 is 6.18 Å². The predicted molar refractivity (Wildman–Crippen MR) is 87.0 cm³/mol. The van der Waals surface area contributed by atoms with Crippen molar-refractivity contribution >= 4 is 17.3 Å². The third-order valence-electron chi connectivity index (χ3n) is 4.14. The zero-order valence-electron chi connectivity index (χ0n) is 13.1. The van der Waals surface area contributed by atoms with E-state index in [4.69, 9.17) is 0 Å². The van der Waals surface area contributed by atoms with Crippen molar-refractivity contribution in [2.75, 3.05) is 16.8 Å². The monoisotopic (exact) mass is 334 g/mol. The average Bonchev–Trinajstić information content (AvgIpc) is 2.83. The van der Waals surface area contributed by atoms with E-state index in [1.807, 2.05) is 36.1 Å². The lowest BCUT2D eigenvalue weighted by atomic mass is 10.1. The van der Waals surface area contributed by atoms with Crippen LogP contribution < -0.4 is 10.2 Å². The second-order valence-corrected chi connectivity index (χ2v) is 5.94. The minimum atomic E-state index is -4.43. The lowest BCUT2D eigenvalue weighted by Gasteiger charge is -2.24. The van der Waals surface area contributed by atoms with E-state index < -0.39 is 11.7 Å². The lowest BCUT2D eigenvalue weighted by Crippen LogP contribution is -2.37. The number of anilines is 2. The molecule has 24 heavy (non-hydrogen) atoms. The van der Waals surface area contributed by atoms with Gasteiger partial charge in [0.2, 0.25) is 5.91 Å². The first-order chi connectivity index (χ1) is 11.3. The van der Waals surface area contributed by atoms with Gasteiger partial charge in [-0.3, -0.25) is 4.79 Å².